The van der Waals surface area contributed by atoms with Gasteiger partial charge in [0.25, 0.3) is 5.91 Å². The van der Waals surface area contributed by atoms with E-state index >= 15 is 0 Å². The Bertz CT molecular complexity index is 703. The van der Waals surface area contributed by atoms with Crippen LogP contribution in [0, 0.1) is 0 Å². The molecule has 0 unspecified atom stereocenters. The summed E-state index contributed by atoms with van der Waals surface area (Å²) in [6.45, 7) is 0.775. The number of fused-ring (bicyclic) bond motifs is 1. The molecule has 2 amide bonds. The average molecular weight is 312 g/mol. The number of hydrogen-bond acceptors (Lipinski definition) is 4. The first-order valence-corrected chi connectivity index (χ1v) is 7.23. The Balaban J connectivity index is 1.70. The summed E-state index contributed by atoms with van der Waals surface area (Å²) in [6, 6.07) is 14.6. The van der Waals surface area contributed by atoms with Crippen LogP contribution in [0.3, 0.4) is 0 Å². The monoisotopic (exact) mass is 312 g/mol. The fourth-order valence-electron chi connectivity index (χ4n) is 2.38. The van der Waals surface area contributed by atoms with E-state index < -0.39 is 0 Å². The smallest absolute Gasteiger partial charge is 0.265 e. The molecule has 2 aromatic rings. The predicted molar refractivity (Wildman–Crippen MR) is 85.9 cm³/mol. The van der Waals surface area contributed by atoms with Crippen molar-refractivity contribution in [3.63, 3.8) is 0 Å². The van der Waals surface area contributed by atoms with Gasteiger partial charge >= 0.3 is 0 Å². The highest BCUT2D eigenvalue weighted by Crippen LogP contribution is 2.34. The summed E-state index contributed by atoms with van der Waals surface area (Å²) >= 11 is 0. The SMILES string of the molecule is O=CNc1ccc2c(c1)OCC(=O)N2CCOc1ccccc1. The second-order valence-corrected chi connectivity index (χ2v) is 4.94. The third-order valence-corrected chi connectivity index (χ3v) is 3.46. The Morgan fingerprint density at radius 2 is 2.04 bits per heavy atom. The van der Waals surface area contributed by atoms with E-state index in [4.69, 9.17) is 9.47 Å². The predicted octanol–water partition coefficient (Wildman–Crippen LogP) is 2.06. The van der Waals surface area contributed by atoms with Crippen molar-refractivity contribution < 1.29 is 19.1 Å². The van der Waals surface area contributed by atoms with Crippen LogP contribution in [0.1, 0.15) is 0 Å². The van der Waals surface area contributed by atoms with Crippen LogP contribution >= 0.6 is 0 Å². The molecule has 2 aromatic carbocycles. The van der Waals surface area contributed by atoms with Gasteiger partial charge in [-0.1, -0.05) is 18.2 Å². The molecule has 0 bridgehead atoms. The van der Waals surface area contributed by atoms with Gasteiger partial charge < -0.3 is 19.7 Å². The fraction of sp³-hybridized carbons (Fsp3) is 0.176. The molecule has 0 aromatic heterocycles. The number of amides is 2. The van der Waals surface area contributed by atoms with Crippen LogP contribution in [0.15, 0.2) is 48.5 Å². The Morgan fingerprint density at radius 3 is 2.83 bits per heavy atom. The van der Waals surface area contributed by atoms with Crippen LogP contribution in [0.4, 0.5) is 11.4 Å². The van der Waals surface area contributed by atoms with Gasteiger partial charge in [0.2, 0.25) is 6.41 Å². The van der Waals surface area contributed by atoms with Crippen LogP contribution < -0.4 is 19.7 Å². The molecule has 6 nitrogen and oxygen atoms in total. The molecule has 23 heavy (non-hydrogen) atoms. The van der Waals surface area contributed by atoms with E-state index in [1.54, 1.807) is 23.1 Å². The van der Waals surface area contributed by atoms with E-state index in [-0.39, 0.29) is 12.5 Å². The number of para-hydroxylation sites is 1. The molecule has 1 heterocycles. The number of carbonyl (C=O) groups is 2. The number of benzene rings is 2. The number of carbonyl (C=O) groups excluding carboxylic acids is 2. The molecule has 0 radical (unpaired) electrons. The minimum absolute atomic E-state index is 0.0249. The molecule has 0 aliphatic carbocycles. The molecule has 0 saturated carbocycles. The van der Waals surface area contributed by atoms with Gasteiger partial charge in [-0.25, -0.2) is 0 Å². The van der Waals surface area contributed by atoms with Gasteiger partial charge in [-0.15, -0.1) is 0 Å². The van der Waals surface area contributed by atoms with Crippen molar-refractivity contribution in [2.45, 2.75) is 0 Å². The maximum atomic E-state index is 12.1. The summed E-state index contributed by atoms with van der Waals surface area (Å²) in [7, 11) is 0. The molecule has 0 fully saturated rings. The molecule has 1 aliphatic heterocycles. The number of nitrogens with zero attached hydrogens (tertiary/aromatic N) is 1. The van der Waals surface area contributed by atoms with E-state index in [0.29, 0.717) is 36.7 Å². The van der Waals surface area contributed by atoms with E-state index in [2.05, 4.69) is 5.32 Å². The number of rotatable bonds is 6. The standard InChI is InChI=1S/C17H16N2O4/c20-12-18-13-6-7-15-16(10-13)23-11-17(21)19(15)8-9-22-14-4-2-1-3-5-14/h1-7,10,12H,8-9,11H2,(H,18,20). The zero-order valence-electron chi connectivity index (χ0n) is 12.4. The molecule has 0 spiro atoms. The van der Waals surface area contributed by atoms with Crippen molar-refractivity contribution in [1.82, 2.24) is 0 Å². The lowest BCUT2D eigenvalue weighted by molar-refractivity contribution is -0.121. The molecule has 1 N–H and O–H groups in total. The molecule has 1 aliphatic rings. The van der Waals surface area contributed by atoms with Crippen LogP contribution in [-0.4, -0.2) is 32.1 Å². The molecule has 3 rings (SSSR count). The lowest BCUT2D eigenvalue weighted by Crippen LogP contribution is -2.41. The minimum Gasteiger partial charge on any atom is -0.492 e. The topological polar surface area (TPSA) is 67.9 Å². The van der Waals surface area contributed by atoms with Crippen molar-refractivity contribution in [3.8, 4) is 11.5 Å². The van der Waals surface area contributed by atoms with Crippen LogP contribution in [0.5, 0.6) is 11.5 Å². The highest BCUT2D eigenvalue weighted by atomic mass is 16.5. The summed E-state index contributed by atoms with van der Waals surface area (Å²) < 4.78 is 11.1. The van der Waals surface area contributed by atoms with Gasteiger partial charge in [-0.2, -0.15) is 0 Å². The quantitative estimate of drug-likeness (QED) is 0.829. The Kier molecular flexibility index (Phi) is 4.42. The van der Waals surface area contributed by atoms with Gasteiger partial charge in [0.1, 0.15) is 18.1 Å². The molecule has 0 atom stereocenters. The van der Waals surface area contributed by atoms with Crippen molar-refractivity contribution >= 4 is 23.7 Å². The van der Waals surface area contributed by atoms with Crippen molar-refractivity contribution in [3.05, 3.63) is 48.5 Å². The van der Waals surface area contributed by atoms with Gasteiger partial charge in [0, 0.05) is 11.8 Å². The second-order valence-electron chi connectivity index (χ2n) is 4.94. The van der Waals surface area contributed by atoms with Crippen molar-refractivity contribution in [1.29, 1.82) is 0 Å². The first kappa shape index (κ1) is 14.9. The summed E-state index contributed by atoms with van der Waals surface area (Å²) in [5.74, 6) is 1.21. The Labute approximate surface area is 133 Å². The Hall–Kier alpha value is -3.02. The molecule has 0 saturated heterocycles. The molecular formula is C17H16N2O4. The van der Waals surface area contributed by atoms with Gasteiger partial charge in [-0.05, 0) is 24.3 Å². The summed E-state index contributed by atoms with van der Waals surface area (Å²) in [4.78, 5) is 24.2. The van der Waals surface area contributed by atoms with Crippen LogP contribution in [0.2, 0.25) is 0 Å². The van der Waals surface area contributed by atoms with E-state index in [0.717, 1.165) is 5.75 Å². The maximum absolute atomic E-state index is 12.1. The summed E-state index contributed by atoms with van der Waals surface area (Å²) in [5, 5.41) is 2.56. The van der Waals surface area contributed by atoms with E-state index in [9.17, 15) is 9.59 Å². The summed E-state index contributed by atoms with van der Waals surface area (Å²) in [5.41, 5.74) is 1.29. The zero-order valence-corrected chi connectivity index (χ0v) is 12.4. The molecule has 6 heteroatoms. The lowest BCUT2D eigenvalue weighted by atomic mass is 10.2. The largest absolute Gasteiger partial charge is 0.492 e. The number of hydrogen-bond donors (Lipinski definition) is 1. The normalized spacial score (nSPS) is 13.0. The first-order chi connectivity index (χ1) is 11.3. The van der Waals surface area contributed by atoms with Crippen LogP contribution in [0.25, 0.3) is 0 Å². The summed E-state index contributed by atoms with van der Waals surface area (Å²) in [6.07, 6.45) is 0.598. The third-order valence-electron chi connectivity index (χ3n) is 3.46. The fourth-order valence-corrected chi connectivity index (χ4v) is 2.38. The average Bonchev–Trinajstić information content (AvgIpc) is 2.58. The van der Waals surface area contributed by atoms with Gasteiger partial charge in [0.05, 0.1) is 12.2 Å². The van der Waals surface area contributed by atoms with Gasteiger partial charge in [-0.3, -0.25) is 9.59 Å². The van der Waals surface area contributed by atoms with Crippen molar-refractivity contribution in [2.24, 2.45) is 0 Å². The maximum Gasteiger partial charge on any atom is 0.265 e. The van der Waals surface area contributed by atoms with E-state index in [1.807, 2.05) is 30.3 Å². The van der Waals surface area contributed by atoms with Crippen LogP contribution in [-0.2, 0) is 9.59 Å². The Morgan fingerprint density at radius 1 is 1.22 bits per heavy atom. The number of nitrogens with one attached hydrogen (secondary N) is 1. The van der Waals surface area contributed by atoms with Gasteiger partial charge in [0.15, 0.2) is 6.61 Å². The molecule has 118 valence electrons. The van der Waals surface area contributed by atoms with E-state index in [1.165, 1.54) is 0 Å². The zero-order chi connectivity index (χ0) is 16.1. The highest BCUT2D eigenvalue weighted by molar-refractivity contribution is 5.98. The van der Waals surface area contributed by atoms with Crippen molar-refractivity contribution in [2.75, 3.05) is 30.0 Å². The lowest BCUT2D eigenvalue weighted by Gasteiger charge is -2.29. The number of anilines is 2. The molecular weight excluding hydrogens is 296 g/mol. The third kappa shape index (κ3) is 3.42. The minimum atomic E-state index is -0.120. The second kappa shape index (κ2) is 6.83. The first-order valence-electron chi connectivity index (χ1n) is 7.23. The highest BCUT2D eigenvalue weighted by Gasteiger charge is 2.25. The number of ether oxygens (including phenoxy) is 2.